The van der Waals surface area contributed by atoms with Gasteiger partial charge in [-0.1, -0.05) is 24.3 Å². The largest absolute Gasteiger partial charge is 0.457 e. The van der Waals surface area contributed by atoms with Crippen molar-refractivity contribution in [3.63, 3.8) is 0 Å². The number of nitrogens with one attached hydrogen (secondary N) is 1. The molecule has 41 heavy (non-hydrogen) atoms. The van der Waals surface area contributed by atoms with Gasteiger partial charge in [-0.25, -0.2) is 14.6 Å². The molecule has 0 aliphatic carbocycles. The first-order valence-corrected chi connectivity index (χ1v) is 14.2. The monoisotopic (exact) mass is 552 g/mol. The van der Waals surface area contributed by atoms with Crippen molar-refractivity contribution in [1.29, 1.82) is 0 Å². The van der Waals surface area contributed by atoms with Gasteiger partial charge in [0.15, 0.2) is 5.65 Å². The van der Waals surface area contributed by atoms with Crippen LogP contribution in [-0.4, -0.2) is 81.3 Å². The van der Waals surface area contributed by atoms with E-state index in [1.165, 1.54) is 6.33 Å². The van der Waals surface area contributed by atoms with Crippen LogP contribution in [0.3, 0.4) is 0 Å². The van der Waals surface area contributed by atoms with E-state index in [1.807, 2.05) is 70.3 Å². The SMILES string of the molecule is CN1CCC(NC/C=C/C(=O)N2CC[C@@H](n3nc(-c4ccc(Oc5ccccc5)cc4)c4c(N)ncnc43)C2)CC1. The number of carbonyl (C=O) groups is 1. The van der Waals surface area contributed by atoms with Crippen molar-refractivity contribution in [2.75, 3.05) is 45.5 Å². The molecule has 3 N–H and O–H groups in total. The number of amides is 1. The fourth-order valence-corrected chi connectivity index (χ4v) is 5.61. The Kier molecular flexibility index (Phi) is 7.93. The number of carbonyl (C=O) groups excluding carboxylic acids is 1. The van der Waals surface area contributed by atoms with Crippen molar-refractivity contribution < 1.29 is 9.53 Å². The Hall–Kier alpha value is -4.28. The third-order valence-electron chi connectivity index (χ3n) is 7.95. The van der Waals surface area contributed by atoms with Crippen molar-refractivity contribution in [2.45, 2.75) is 31.3 Å². The van der Waals surface area contributed by atoms with Gasteiger partial charge in [0.05, 0.1) is 11.4 Å². The highest BCUT2D eigenvalue weighted by Gasteiger charge is 2.30. The minimum absolute atomic E-state index is 0.00376. The fourth-order valence-electron chi connectivity index (χ4n) is 5.61. The highest BCUT2D eigenvalue weighted by molar-refractivity contribution is 5.98. The Morgan fingerprint density at radius 1 is 1.02 bits per heavy atom. The van der Waals surface area contributed by atoms with Gasteiger partial charge < -0.3 is 25.6 Å². The maximum Gasteiger partial charge on any atom is 0.246 e. The summed E-state index contributed by atoms with van der Waals surface area (Å²) in [6.45, 7) is 4.16. The van der Waals surface area contributed by atoms with E-state index in [0.29, 0.717) is 48.2 Å². The van der Waals surface area contributed by atoms with E-state index in [1.54, 1.807) is 6.08 Å². The normalized spacial score (nSPS) is 18.5. The van der Waals surface area contributed by atoms with Crippen LogP contribution >= 0.6 is 0 Å². The molecule has 0 radical (unpaired) electrons. The zero-order chi connectivity index (χ0) is 28.2. The predicted octanol–water partition coefficient (Wildman–Crippen LogP) is 3.88. The zero-order valence-corrected chi connectivity index (χ0v) is 23.3. The van der Waals surface area contributed by atoms with Gasteiger partial charge in [0.1, 0.15) is 29.3 Å². The van der Waals surface area contributed by atoms with E-state index in [4.69, 9.17) is 15.6 Å². The summed E-state index contributed by atoms with van der Waals surface area (Å²) in [5, 5.41) is 9.23. The molecule has 10 heteroatoms. The maximum atomic E-state index is 12.9. The van der Waals surface area contributed by atoms with Crippen LogP contribution < -0.4 is 15.8 Å². The third-order valence-corrected chi connectivity index (χ3v) is 7.95. The van der Waals surface area contributed by atoms with E-state index >= 15 is 0 Å². The van der Waals surface area contributed by atoms with Crippen molar-refractivity contribution in [3.8, 4) is 22.8 Å². The van der Waals surface area contributed by atoms with E-state index in [9.17, 15) is 4.79 Å². The number of nitrogens with zero attached hydrogens (tertiary/aromatic N) is 6. The van der Waals surface area contributed by atoms with Gasteiger partial charge in [-0.05, 0) is 75.8 Å². The van der Waals surface area contributed by atoms with Crippen molar-refractivity contribution in [1.82, 2.24) is 34.9 Å². The summed E-state index contributed by atoms with van der Waals surface area (Å²) in [6, 6.07) is 17.9. The molecule has 212 valence electrons. The number of fused-ring (bicyclic) bond motifs is 1. The first kappa shape index (κ1) is 26.9. The standard InChI is InChI=1S/C31H36N8O2/c1-37-17-13-23(14-18-37)33-16-5-8-27(40)38-19-15-24(20-38)39-31-28(30(32)34-21-35-31)29(36-39)22-9-11-26(12-10-22)41-25-6-3-2-4-7-25/h2-12,21,23-24,33H,13-20H2,1H3,(H2,32,34,35)/b8-5+/t24-/m1/s1. The number of piperidine rings is 1. The van der Waals surface area contributed by atoms with Crippen molar-refractivity contribution in [2.24, 2.45) is 0 Å². The molecule has 2 fully saturated rings. The molecule has 6 rings (SSSR count). The lowest BCUT2D eigenvalue weighted by atomic mass is 10.1. The second kappa shape index (κ2) is 12.1. The van der Waals surface area contributed by atoms with Crippen LogP contribution in [0.1, 0.15) is 25.3 Å². The van der Waals surface area contributed by atoms with Gasteiger partial charge in [-0.2, -0.15) is 5.10 Å². The highest BCUT2D eigenvalue weighted by Crippen LogP contribution is 2.35. The van der Waals surface area contributed by atoms with Crippen LogP contribution in [0.25, 0.3) is 22.3 Å². The number of hydrogen-bond donors (Lipinski definition) is 2. The van der Waals surface area contributed by atoms with Gasteiger partial charge in [0, 0.05) is 37.3 Å². The number of rotatable bonds is 8. The van der Waals surface area contributed by atoms with Gasteiger partial charge >= 0.3 is 0 Å². The third kappa shape index (κ3) is 6.08. The minimum Gasteiger partial charge on any atom is -0.457 e. The maximum absolute atomic E-state index is 12.9. The van der Waals surface area contributed by atoms with Crippen LogP contribution in [0.5, 0.6) is 11.5 Å². The first-order chi connectivity index (χ1) is 20.0. The fraction of sp³-hybridized carbons (Fsp3) is 0.355. The molecule has 2 aliphatic heterocycles. The summed E-state index contributed by atoms with van der Waals surface area (Å²) in [7, 11) is 2.16. The number of nitrogens with two attached hydrogens (primary N) is 1. The average molecular weight is 553 g/mol. The number of likely N-dealkylation sites (tertiary alicyclic amines) is 2. The number of anilines is 1. The summed E-state index contributed by atoms with van der Waals surface area (Å²) in [4.78, 5) is 26.0. The molecule has 1 atom stereocenters. The van der Waals surface area contributed by atoms with Crippen molar-refractivity contribution >= 4 is 22.8 Å². The molecule has 2 aromatic carbocycles. The van der Waals surface area contributed by atoms with Crippen LogP contribution in [0.2, 0.25) is 0 Å². The molecule has 0 unspecified atom stereocenters. The zero-order valence-electron chi connectivity index (χ0n) is 23.3. The molecule has 2 saturated heterocycles. The van der Waals surface area contributed by atoms with E-state index in [0.717, 1.165) is 49.4 Å². The molecule has 2 aromatic heterocycles. The van der Waals surface area contributed by atoms with Gasteiger partial charge in [-0.3, -0.25) is 4.79 Å². The predicted molar refractivity (Wildman–Crippen MR) is 160 cm³/mol. The van der Waals surface area contributed by atoms with Crippen LogP contribution in [0.4, 0.5) is 5.82 Å². The summed E-state index contributed by atoms with van der Waals surface area (Å²) in [6.07, 6.45) is 8.17. The number of hydrogen-bond acceptors (Lipinski definition) is 8. The molecular weight excluding hydrogens is 516 g/mol. The van der Waals surface area contributed by atoms with E-state index in [-0.39, 0.29) is 11.9 Å². The first-order valence-electron chi connectivity index (χ1n) is 14.2. The minimum atomic E-state index is -0.00376. The summed E-state index contributed by atoms with van der Waals surface area (Å²) < 4.78 is 7.86. The van der Waals surface area contributed by atoms with Crippen molar-refractivity contribution in [3.05, 3.63) is 73.1 Å². The Labute approximate surface area is 239 Å². The molecule has 2 aliphatic rings. The molecular formula is C31H36N8O2. The second-order valence-electron chi connectivity index (χ2n) is 10.8. The second-order valence-corrected chi connectivity index (χ2v) is 10.8. The quantitative estimate of drug-likeness (QED) is 0.317. The number of ether oxygens (including phenoxy) is 1. The molecule has 0 saturated carbocycles. The lowest BCUT2D eigenvalue weighted by Gasteiger charge is -2.29. The number of nitrogen functional groups attached to an aromatic ring is 1. The molecule has 10 nitrogen and oxygen atoms in total. The van der Waals surface area contributed by atoms with Crippen LogP contribution in [0, 0.1) is 0 Å². The highest BCUT2D eigenvalue weighted by atomic mass is 16.5. The van der Waals surface area contributed by atoms with E-state index in [2.05, 4.69) is 27.2 Å². The topological polar surface area (TPSA) is 114 Å². The summed E-state index contributed by atoms with van der Waals surface area (Å²) in [5.74, 6) is 1.91. The average Bonchev–Trinajstić information content (AvgIpc) is 3.64. The molecule has 4 heterocycles. The Balaban J connectivity index is 1.14. The van der Waals surface area contributed by atoms with E-state index < -0.39 is 0 Å². The van der Waals surface area contributed by atoms with Gasteiger partial charge in [0.2, 0.25) is 5.91 Å². The molecule has 0 spiro atoms. The Morgan fingerprint density at radius 3 is 2.56 bits per heavy atom. The van der Waals surface area contributed by atoms with Crippen LogP contribution in [0.15, 0.2) is 73.1 Å². The lowest BCUT2D eigenvalue weighted by molar-refractivity contribution is -0.125. The Morgan fingerprint density at radius 2 is 1.78 bits per heavy atom. The molecule has 1 amide bonds. The van der Waals surface area contributed by atoms with Crippen LogP contribution in [-0.2, 0) is 4.79 Å². The lowest BCUT2D eigenvalue weighted by Crippen LogP contribution is -2.40. The van der Waals surface area contributed by atoms with Gasteiger partial charge in [-0.15, -0.1) is 0 Å². The summed E-state index contributed by atoms with van der Waals surface area (Å²) in [5.41, 5.74) is 8.61. The summed E-state index contributed by atoms with van der Waals surface area (Å²) >= 11 is 0. The smallest absolute Gasteiger partial charge is 0.246 e. The molecule has 0 bridgehead atoms. The number of aromatic nitrogens is 4. The van der Waals surface area contributed by atoms with Gasteiger partial charge in [0.25, 0.3) is 0 Å². The molecule has 4 aromatic rings. The Bertz CT molecular complexity index is 1510. The number of benzene rings is 2. The number of para-hydroxylation sites is 1.